The van der Waals surface area contributed by atoms with E-state index in [1.54, 1.807) is 0 Å². The first-order valence-electron chi connectivity index (χ1n) is 3.22. The van der Waals surface area contributed by atoms with Crippen molar-refractivity contribution in [2.24, 2.45) is 0 Å². The lowest BCUT2D eigenvalue weighted by molar-refractivity contribution is 0.387. The van der Waals surface area contributed by atoms with Gasteiger partial charge in [0.25, 0.3) is 10.1 Å². The van der Waals surface area contributed by atoms with Crippen LogP contribution in [0.15, 0.2) is 0 Å². The van der Waals surface area contributed by atoms with E-state index in [-0.39, 0.29) is 0 Å². The van der Waals surface area contributed by atoms with E-state index < -0.39 is 31.7 Å². The minimum absolute atomic E-state index is 0.852. The largest absolute Gasteiger partial charge is 0.306 e. The van der Waals surface area contributed by atoms with Gasteiger partial charge in [-0.3, -0.25) is 4.18 Å². The Bertz CT molecular complexity index is 257. The molecular weight excluding hydrogens is 204 g/mol. The standard InChI is InChI=1S/C5H12O5S2/c1-4(11(6)7)5(2)12(8,9)10-3/h4-5H,1-3H3,(H,6,7). The predicted molar refractivity (Wildman–Crippen MR) is 45.6 cm³/mol. The molecule has 3 unspecified atom stereocenters. The summed E-state index contributed by atoms with van der Waals surface area (Å²) in [6.45, 7) is 2.70. The monoisotopic (exact) mass is 216 g/mol. The summed E-state index contributed by atoms with van der Waals surface area (Å²) in [6.07, 6.45) is 0. The molecule has 74 valence electrons. The quantitative estimate of drug-likeness (QED) is 0.527. The topological polar surface area (TPSA) is 80.7 Å². The van der Waals surface area contributed by atoms with Crippen LogP contribution in [-0.4, -0.2) is 34.8 Å². The van der Waals surface area contributed by atoms with Gasteiger partial charge in [-0.25, -0.2) is 4.21 Å². The summed E-state index contributed by atoms with van der Waals surface area (Å²) in [7, 11) is -2.67. The lowest BCUT2D eigenvalue weighted by Gasteiger charge is -2.14. The Balaban J connectivity index is 4.61. The van der Waals surface area contributed by atoms with E-state index in [2.05, 4.69) is 4.18 Å². The Morgan fingerprint density at radius 1 is 1.42 bits per heavy atom. The molecule has 0 amide bonds. The molecule has 0 fully saturated rings. The van der Waals surface area contributed by atoms with E-state index in [9.17, 15) is 12.6 Å². The van der Waals surface area contributed by atoms with Crippen molar-refractivity contribution in [3.05, 3.63) is 0 Å². The van der Waals surface area contributed by atoms with Crippen LogP contribution in [-0.2, 0) is 25.4 Å². The molecule has 5 nitrogen and oxygen atoms in total. The van der Waals surface area contributed by atoms with Crippen molar-refractivity contribution in [3.63, 3.8) is 0 Å². The number of rotatable bonds is 4. The maximum Gasteiger partial charge on any atom is 0.270 e. The molecule has 7 heteroatoms. The highest BCUT2D eigenvalue weighted by Crippen LogP contribution is 2.11. The van der Waals surface area contributed by atoms with Gasteiger partial charge >= 0.3 is 0 Å². The van der Waals surface area contributed by atoms with Crippen LogP contribution in [0.5, 0.6) is 0 Å². The maximum atomic E-state index is 11.0. The lowest BCUT2D eigenvalue weighted by atomic mass is 10.4. The summed E-state index contributed by atoms with van der Waals surface area (Å²) >= 11 is -2.15. The van der Waals surface area contributed by atoms with Crippen molar-refractivity contribution in [2.45, 2.75) is 24.3 Å². The van der Waals surface area contributed by atoms with Gasteiger partial charge in [-0.05, 0) is 13.8 Å². The molecule has 0 aliphatic carbocycles. The van der Waals surface area contributed by atoms with Gasteiger partial charge < -0.3 is 4.55 Å². The van der Waals surface area contributed by atoms with Crippen LogP contribution >= 0.6 is 0 Å². The molecule has 0 aliphatic rings. The molecular formula is C5H12O5S2. The second-order valence-electron chi connectivity index (χ2n) is 2.35. The minimum atomic E-state index is -3.70. The van der Waals surface area contributed by atoms with Gasteiger partial charge in [-0.1, -0.05) is 0 Å². The van der Waals surface area contributed by atoms with Gasteiger partial charge in [0.05, 0.1) is 12.4 Å². The minimum Gasteiger partial charge on any atom is -0.306 e. The molecule has 0 rings (SSSR count). The van der Waals surface area contributed by atoms with Crippen molar-refractivity contribution in [1.82, 2.24) is 0 Å². The highest BCUT2D eigenvalue weighted by molar-refractivity contribution is 7.89. The Labute approximate surface area is 74.5 Å². The van der Waals surface area contributed by atoms with E-state index in [0.29, 0.717) is 0 Å². The summed E-state index contributed by atoms with van der Waals surface area (Å²) < 4.78 is 45.2. The average molecular weight is 216 g/mol. The molecule has 0 saturated heterocycles. The highest BCUT2D eigenvalue weighted by atomic mass is 32.2. The summed E-state index contributed by atoms with van der Waals surface area (Å²) in [5.74, 6) is 0. The third-order valence-electron chi connectivity index (χ3n) is 1.67. The summed E-state index contributed by atoms with van der Waals surface area (Å²) in [5.41, 5.74) is 0. The van der Waals surface area contributed by atoms with Crippen molar-refractivity contribution in [3.8, 4) is 0 Å². The zero-order valence-electron chi connectivity index (χ0n) is 7.05. The Morgan fingerprint density at radius 2 is 1.83 bits per heavy atom. The van der Waals surface area contributed by atoms with Gasteiger partial charge in [-0.2, -0.15) is 8.42 Å². The fourth-order valence-electron chi connectivity index (χ4n) is 0.550. The van der Waals surface area contributed by atoms with Crippen molar-refractivity contribution in [2.75, 3.05) is 7.11 Å². The predicted octanol–water partition coefficient (Wildman–Crippen LogP) is -0.0387. The van der Waals surface area contributed by atoms with E-state index >= 15 is 0 Å². The zero-order chi connectivity index (χ0) is 9.94. The average Bonchev–Trinajstić information content (AvgIpc) is 2.01. The summed E-state index contributed by atoms with van der Waals surface area (Å²) in [5, 5.41) is -1.83. The first kappa shape index (κ1) is 12.0. The molecule has 0 aliphatic heterocycles. The molecule has 0 aromatic carbocycles. The maximum absolute atomic E-state index is 11.0. The van der Waals surface area contributed by atoms with Gasteiger partial charge in [0.1, 0.15) is 5.25 Å². The summed E-state index contributed by atoms with van der Waals surface area (Å²) in [4.78, 5) is 0. The van der Waals surface area contributed by atoms with E-state index in [0.717, 1.165) is 7.11 Å². The second kappa shape index (κ2) is 4.31. The first-order valence-corrected chi connectivity index (χ1v) is 5.86. The van der Waals surface area contributed by atoms with Crippen LogP contribution in [0.2, 0.25) is 0 Å². The second-order valence-corrected chi connectivity index (χ2v) is 5.70. The number of hydrogen-bond acceptors (Lipinski definition) is 4. The molecule has 1 N–H and O–H groups in total. The van der Waals surface area contributed by atoms with E-state index in [4.69, 9.17) is 4.55 Å². The van der Waals surface area contributed by atoms with Crippen molar-refractivity contribution < 1.29 is 21.4 Å². The molecule has 0 bridgehead atoms. The Morgan fingerprint density at radius 3 is 2.08 bits per heavy atom. The van der Waals surface area contributed by atoms with Crippen LogP contribution in [0.3, 0.4) is 0 Å². The van der Waals surface area contributed by atoms with Crippen LogP contribution in [0.25, 0.3) is 0 Å². The van der Waals surface area contributed by atoms with Crippen LogP contribution in [0.1, 0.15) is 13.8 Å². The molecule has 0 saturated carbocycles. The fourth-order valence-corrected chi connectivity index (χ4v) is 2.34. The van der Waals surface area contributed by atoms with Crippen LogP contribution in [0.4, 0.5) is 0 Å². The molecule has 0 spiro atoms. The van der Waals surface area contributed by atoms with Gasteiger partial charge in [0.15, 0.2) is 11.1 Å². The molecule has 0 radical (unpaired) electrons. The molecule has 0 heterocycles. The SMILES string of the molecule is COS(=O)(=O)C(C)C(C)S(=O)O. The first-order chi connectivity index (χ1) is 5.33. The number of hydrogen-bond donors (Lipinski definition) is 1. The van der Waals surface area contributed by atoms with Gasteiger partial charge in [-0.15, -0.1) is 0 Å². The molecule has 0 aromatic heterocycles. The van der Waals surface area contributed by atoms with Crippen molar-refractivity contribution in [1.29, 1.82) is 0 Å². The zero-order valence-corrected chi connectivity index (χ0v) is 8.68. The van der Waals surface area contributed by atoms with E-state index in [1.165, 1.54) is 13.8 Å². The van der Waals surface area contributed by atoms with Crippen LogP contribution in [0, 0.1) is 0 Å². The third-order valence-corrected chi connectivity index (χ3v) is 4.67. The van der Waals surface area contributed by atoms with E-state index in [1.807, 2.05) is 0 Å². The lowest BCUT2D eigenvalue weighted by Crippen LogP contribution is -2.32. The van der Waals surface area contributed by atoms with Crippen LogP contribution < -0.4 is 0 Å². The normalized spacial score (nSPS) is 20.0. The smallest absolute Gasteiger partial charge is 0.270 e. The van der Waals surface area contributed by atoms with Crippen molar-refractivity contribution >= 4 is 21.2 Å². The summed E-state index contributed by atoms with van der Waals surface area (Å²) in [6, 6.07) is 0. The third kappa shape index (κ3) is 2.81. The van der Waals surface area contributed by atoms with Gasteiger partial charge in [0.2, 0.25) is 0 Å². The molecule has 3 atom stereocenters. The highest BCUT2D eigenvalue weighted by Gasteiger charge is 2.29. The van der Waals surface area contributed by atoms with Gasteiger partial charge in [0, 0.05) is 0 Å². The Kier molecular flexibility index (Phi) is 4.32. The Hall–Kier alpha value is 0.0200. The fraction of sp³-hybridized carbons (Fsp3) is 1.00. The molecule has 12 heavy (non-hydrogen) atoms. The molecule has 0 aromatic rings.